The van der Waals surface area contributed by atoms with Crippen molar-refractivity contribution in [2.45, 2.75) is 6.42 Å². The molecule has 4 aromatic carbocycles. The Balaban J connectivity index is 0.000000159. The van der Waals surface area contributed by atoms with E-state index in [9.17, 15) is 0 Å². The molecule has 0 unspecified atom stereocenters. The summed E-state index contributed by atoms with van der Waals surface area (Å²) in [4.78, 5) is 0. The zero-order valence-corrected chi connectivity index (χ0v) is 15.1. The fraction of sp³-hybridized carbons (Fsp3) is 0.0435. The van der Waals surface area contributed by atoms with Crippen molar-refractivity contribution >= 4 is 33.5 Å². The Bertz CT molecular complexity index is 979. The highest BCUT2D eigenvalue weighted by atomic mass is 14.7. The maximum atomic E-state index is 5.79. The Morgan fingerprint density at radius 3 is 1.59 bits per heavy atom. The average Bonchev–Trinajstić information content (AvgIpc) is 2.69. The Labute approximate surface area is 159 Å². The lowest BCUT2D eigenvalue weighted by Gasteiger charge is -2.03. The van der Waals surface area contributed by atoms with Crippen LogP contribution in [0.25, 0.3) is 10.8 Å². The van der Waals surface area contributed by atoms with E-state index in [-0.39, 0.29) is 0 Å². The Morgan fingerprint density at radius 2 is 1.04 bits per heavy atom. The summed E-state index contributed by atoms with van der Waals surface area (Å²) in [7, 11) is 0. The van der Waals surface area contributed by atoms with E-state index in [1.54, 1.807) is 0 Å². The second-order valence-electron chi connectivity index (χ2n) is 6.45. The molecule has 0 spiro atoms. The summed E-state index contributed by atoms with van der Waals surface area (Å²) in [5, 5.41) is 2.15. The third-order valence-electron chi connectivity index (χ3n) is 4.37. The van der Waals surface area contributed by atoms with Gasteiger partial charge in [-0.25, -0.2) is 0 Å². The second kappa shape index (κ2) is 8.15. The predicted molar refractivity (Wildman–Crippen MR) is 117 cm³/mol. The largest absolute Gasteiger partial charge is 0.399 e. The van der Waals surface area contributed by atoms with Crippen molar-refractivity contribution < 1.29 is 0 Å². The summed E-state index contributed by atoms with van der Waals surface area (Å²) < 4.78 is 0. The van der Waals surface area contributed by atoms with Gasteiger partial charge in [0.1, 0.15) is 0 Å². The van der Waals surface area contributed by atoms with Crippen LogP contribution in [-0.4, -0.2) is 0 Å². The maximum Gasteiger partial charge on any atom is 0.0627 e. The van der Waals surface area contributed by atoms with Crippen LogP contribution in [0.3, 0.4) is 0 Å². The van der Waals surface area contributed by atoms with Gasteiger partial charge in [-0.05, 0) is 53.3 Å². The molecule has 0 saturated carbocycles. The summed E-state index contributed by atoms with van der Waals surface area (Å²) in [6.45, 7) is 0. The summed E-state index contributed by atoms with van der Waals surface area (Å²) in [6.07, 6.45) is 0.917. The van der Waals surface area contributed by atoms with Crippen molar-refractivity contribution in [3.8, 4) is 0 Å². The average molecular weight is 356 g/mol. The van der Waals surface area contributed by atoms with Crippen LogP contribution in [0, 0.1) is 0 Å². The number of hydrogen-bond donors (Lipinski definition) is 4. The van der Waals surface area contributed by atoms with Crippen molar-refractivity contribution in [3.63, 3.8) is 0 Å². The van der Waals surface area contributed by atoms with E-state index in [2.05, 4.69) is 0 Å². The zero-order chi connectivity index (χ0) is 19.2. The summed E-state index contributed by atoms with van der Waals surface area (Å²) in [6, 6.07) is 27.6. The molecule has 0 amide bonds. The molecular formula is C23H24N4. The van der Waals surface area contributed by atoms with Crippen LogP contribution in [0.4, 0.5) is 22.7 Å². The molecule has 4 aromatic rings. The van der Waals surface area contributed by atoms with Crippen molar-refractivity contribution in [2.24, 2.45) is 0 Å². The monoisotopic (exact) mass is 356 g/mol. The highest BCUT2D eigenvalue weighted by Gasteiger charge is 1.99. The fourth-order valence-electron chi connectivity index (χ4n) is 2.82. The van der Waals surface area contributed by atoms with Crippen LogP contribution in [0.1, 0.15) is 11.1 Å². The minimum absolute atomic E-state index is 0.647. The van der Waals surface area contributed by atoms with Crippen molar-refractivity contribution in [1.82, 2.24) is 0 Å². The van der Waals surface area contributed by atoms with Gasteiger partial charge in [0.2, 0.25) is 0 Å². The molecule has 0 aromatic heterocycles. The first-order valence-electron chi connectivity index (χ1n) is 8.74. The van der Waals surface area contributed by atoms with Crippen LogP contribution < -0.4 is 22.9 Å². The van der Waals surface area contributed by atoms with Crippen LogP contribution in [-0.2, 0) is 6.42 Å². The SMILES string of the molecule is Nc1ccc(Cc2ccc(N)cc2)cc1.Nc1ccc2ccccc2c1N. The molecule has 0 radical (unpaired) electrons. The third kappa shape index (κ3) is 4.70. The summed E-state index contributed by atoms with van der Waals surface area (Å²) in [5.74, 6) is 0. The lowest BCUT2D eigenvalue weighted by atomic mass is 10.0. The number of rotatable bonds is 2. The first-order chi connectivity index (χ1) is 13.0. The number of hydrogen-bond acceptors (Lipinski definition) is 4. The molecule has 4 heteroatoms. The molecule has 0 aliphatic heterocycles. The molecule has 27 heavy (non-hydrogen) atoms. The van der Waals surface area contributed by atoms with Gasteiger partial charge in [0, 0.05) is 16.8 Å². The molecule has 0 fully saturated rings. The Kier molecular flexibility index (Phi) is 5.47. The van der Waals surface area contributed by atoms with Crippen LogP contribution in [0.5, 0.6) is 0 Å². The molecule has 4 rings (SSSR count). The third-order valence-corrected chi connectivity index (χ3v) is 4.37. The Hall–Kier alpha value is -3.66. The minimum atomic E-state index is 0.647. The lowest BCUT2D eigenvalue weighted by Crippen LogP contribution is -1.94. The van der Waals surface area contributed by atoms with Gasteiger partial charge in [0.25, 0.3) is 0 Å². The highest BCUT2D eigenvalue weighted by molar-refractivity contribution is 5.98. The van der Waals surface area contributed by atoms with Gasteiger partial charge in [-0.1, -0.05) is 54.6 Å². The van der Waals surface area contributed by atoms with Crippen LogP contribution >= 0.6 is 0 Å². The summed E-state index contributed by atoms with van der Waals surface area (Å²) in [5.41, 5.74) is 28.1. The normalized spacial score (nSPS) is 10.2. The van der Waals surface area contributed by atoms with Gasteiger partial charge in [0.15, 0.2) is 0 Å². The minimum Gasteiger partial charge on any atom is -0.399 e. The lowest BCUT2D eigenvalue weighted by molar-refractivity contribution is 1.19. The zero-order valence-electron chi connectivity index (χ0n) is 15.1. The molecule has 0 aliphatic carbocycles. The first-order valence-corrected chi connectivity index (χ1v) is 8.74. The highest BCUT2D eigenvalue weighted by Crippen LogP contribution is 2.25. The van der Waals surface area contributed by atoms with Crippen LogP contribution in [0.15, 0.2) is 84.9 Å². The molecule has 0 saturated heterocycles. The van der Waals surface area contributed by atoms with E-state index in [1.807, 2.05) is 84.9 Å². The van der Waals surface area contributed by atoms with Crippen LogP contribution in [0.2, 0.25) is 0 Å². The van der Waals surface area contributed by atoms with E-state index in [1.165, 1.54) is 11.1 Å². The molecule has 4 nitrogen and oxygen atoms in total. The van der Waals surface area contributed by atoms with Gasteiger partial charge in [0.05, 0.1) is 11.4 Å². The number of fused-ring (bicyclic) bond motifs is 1. The van der Waals surface area contributed by atoms with E-state index < -0.39 is 0 Å². The van der Waals surface area contributed by atoms with Crippen molar-refractivity contribution in [2.75, 3.05) is 22.9 Å². The predicted octanol–water partition coefficient (Wildman–Crippen LogP) is 4.45. The van der Waals surface area contributed by atoms with Gasteiger partial charge in [-0.3, -0.25) is 0 Å². The number of anilines is 4. The maximum absolute atomic E-state index is 5.79. The van der Waals surface area contributed by atoms with E-state index in [0.29, 0.717) is 11.4 Å². The first kappa shape index (κ1) is 18.1. The van der Waals surface area contributed by atoms with Gasteiger partial charge >= 0.3 is 0 Å². The molecule has 0 heterocycles. The quantitative estimate of drug-likeness (QED) is 0.398. The molecule has 0 aliphatic rings. The second-order valence-corrected chi connectivity index (χ2v) is 6.45. The standard InChI is InChI=1S/C13H14N2.C10H10N2/c14-12-5-1-10(2-6-12)9-11-3-7-13(15)8-4-11;11-9-6-5-7-3-1-2-4-8(7)10(9)12/h1-8H,9,14-15H2;1-6H,11-12H2. The molecule has 136 valence electrons. The number of benzene rings is 4. The van der Waals surface area contributed by atoms with Gasteiger partial charge in [-0.15, -0.1) is 0 Å². The molecule has 0 atom stereocenters. The van der Waals surface area contributed by atoms with Crippen molar-refractivity contribution in [1.29, 1.82) is 0 Å². The summed E-state index contributed by atoms with van der Waals surface area (Å²) >= 11 is 0. The van der Waals surface area contributed by atoms with E-state index in [4.69, 9.17) is 22.9 Å². The van der Waals surface area contributed by atoms with E-state index in [0.717, 1.165) is 28.6 Å². The smallest absolute Gasteiger partial charge is 0.0627 e. The fourth-order valence-corrected chi connectivity index (χ4v) is 2.82. The number of nitrogen functional groups attached to an aromatic ring is 4. The topological polar surface area (TPSA) is 104 Å². The van der Waals surface area contributed by atoms with Gasteiger partial charge < -0.3 is 22.9 Å². The van der Waals surface area contributed by atoms with E-state index >= 15 is 0 Å². The Morgan fingerprint density at radius 1 is 0.519 bits per heavy atom. The van der Waals surface area contributed by atoms with Crippen molar-refractivity contribution in [3.05, 3.63) is 96.1 Å². The molecular weight excluding hydrogens is 332 g/mol. The van der Waals surface area contributed by atoms with Gasteiger partial charge in [-0.2, -0.15) is 0 Å². The molecule has 8 N–H and O–H groups in total. The molecule has 0 bridgehead atoms. The number of nitrogens with two attached hydrogens (primary N) is 4.